The van der Waals surface area contributed by atoms with Gasteiger partial charge in [0.1, 0.15) is 24.4 Å². The quantitative estimate of drug-likeness (QED) is 0.391. The lowest BCUT2D eigenvalue weighted by Gasteiger charge is -2.24. The fourth-order valence-electron chi connectivity index (χ4n) is 2.37. The molecule has 0 aromatic heterocycles. The summed E-state index contributed by atoms with van der Waals surface area (Å²) in [7, 11) is 0. The predicted octanol–water partition coefficient (Wildman–Crippen LogP) is -1.35. The lowest BCUT2D eigenvalue weighted by Crippen LogP contribution is -2.56. The maximum absolute atomic E-state index is 12.5. The highest BCUT2D eigenvalue weighted by atomic mass is 16.2. The van der Waals surface area contributed by atoms with E-state index in [-0.39, 0.29) is 24.7 Å². The van der Waals surface area contributed by atoms with Crippen LogP contribution in [0.5, 0.6) is 0 Å². The molecule has 0 radical (unpaired) electrons. The maximum Gasteiger partial charge on any atom is 0.254 e. The van der Waals surface area contributed by atoms with Crippen molar-refractivity contribution in [2.24, 2.45) is 5.92 Å². The Labute approximate surface area is 163 Å². The van der Waals surface area contributed by atoms with E-state index in [4.69, 9.17) is 0 Å². The van der Waals surface area contributed by atoms with E-state index in [0.717, 1.165) is 17.1 Å². The van der Waals surface area contributed by atoms with E-state index in [1.54, 1.807) is 13.8 Å². The molecule has 0 spiro atoms. The zero-order chi connectivity index (χ0) is 21.4. The zero-order valence-electron chi connectivity index (χ0n) is 16.4. The molecule has 1 rings (SSSR count). The Hall–Kier alpha value is -3.04. The minimum Gasteiger partial charge on any atom is -0.354 e. The highest BCUT2D eigenvalue weighted by Gasteiger charge is 2.30. The summed E-state index contributed by atoms with van der Waals surface area (Å²) in [4.78, 5) is 71.3. The molecule has 0 fully saturated rings. The minimum absolute atomic E-state index is 0.0651. The van der Waals surface area contributed by atoms with Gasteiger partial charge in [0.25, 0.3) is 11.8 Å². The van der Waals surface area contributed by atoms with E-state index >= 15 is 0 Å². The molecule has 1 aliphatic rings. The summed E-state index contributed by atoms with van der Waals surface area (Å²) in [5, 5.41) is 7.53. The topological polar surface area (TPSA) is 142 Å². The van der Waals surface area contributed by atoms with Gasteiger partial charge in [-0.25, -0.2) is 0 Å². The first-order chi connectivity index (χ1) is 13.0. The van der Waals surface area contributed by atoms with Crippen molar-refractivity contribution >= 4 is 35.3 Å². The highest BCUT2D eigenvalue weighted by molar-refractivity contribution is 6.14. The number of Topliss-reactive ketones (excluding diaryl/α,β-unsaturated/α-hetero) is 1. The van der Waals surface area contributed by atoms with Crippen molar-refractivity contribution in [2.45, 2.75) is 46.2 Å². The van der Waals surface area contributed by atoms with E-state index in [2.05, 4.69) is 16.0 Å². The first-order valence-corrected chi connectivity index (χ1v) is 8.93. The Balaban J connectivity index is 2.59. The molecule has 154 valence electrons. The van der Waals surface area contributed by atoms with Gasteiger partial charge in [-0.3, -0.25) is 33.7 Å². The van der Waals surface area contributed by atoms with Gasteiger partial charge in [0.05, 0.1) is 0 Å². The third-order valence-corrected chi connectivity index (χ3v) is 4.00. The number of hydrogen-bond donors (Lipinski definition) is 3. The standard InChI is InChI=1S/C18H26N4O6/c1-10(2)16(21-13(24)9-22-14(25)5-6-15(22)26)18(28)20-12(4)17(27)19-8-7-11(3)23/h5-6,10,12,16H,7-9H2,1-4H3,(H,19,27)(H,20,28)(H,21,24)/t12-,16-/m0/s1. The van der Waals surface area contributed by atoms with Gasteiger partial charge in [0.15, 0.2) is 0 Å². The predicted molar refractivity (Wildman–Crippen MR) is 98.5 cm³/mol. The molecule has 1 heterocycles. The molecule has 0 aromatic carbocycles. The maximum atomic E-state index is 12.5. The minimum atomic E-state index is -0.958. The fraction of sp³-hybridized carbons (Fsp3) is 0.556. The van der Waals surface area contributed by atoms with Gasteiger partial charge < -0.3 is 16.0 Å². The number of hydrogen-bond acceptors (Lipinski definition) is 6. The number of ketones is 1. The van der Waals surface area contributed by atoms with Crippen molar-refractivity contribution < 1.29 is 28.8 Å². The molecule has 0 aliphatic carbocycles. The van der Waals surface area contributed by atoms with Gasteiger partial charge in [-0.1, -0.05) is 13.8 Å². The van der Waals surface area contributed by atoms with Crippen LogP contribution in [0.15, 0.2) is 12.2 Å². The molecule has 28 heavy (non-hydrogen) atoms. The molecular weight excluding hydrogens is 368 g/mol. The summed E-state index contributed by atoms with van der Waals surface area (Å²) in [6, 6.07) is -1.83. The van der Waals surface area contributed by atoms with Crippen LogP contribution in [0.25, 0.3) is 0 Å². The second-order valence-corrected chi connectivity index (χ2v) is 6.86. The van der Waals surface area contributed by atoms with Gasteiger partial charge >= 0.3 is 0 Å². The van der Waals surface area contributed by atoms with Crippen molar-refractivity contribution in [3.05, 3.63) is 12.2 Å². The average Bonchev–Trinajstić information content (AvgIpc) is 2.90. The van der Waals surface area contributed by atoms with Crippen LogP contribution in [0.1, 0.15) is 34.1 Å². The zero-order valence-corrected chi connectivity index (χ0v) is 16.4. The van der Waals surface area contributed by atoms with Crippen LogP contribution in [-0.4, -0.2) is 65.4 Å². The third-order valence-electron chi connectivity index (χ3n) is 4.00. The molecule has 5 amide bonds. The molecule has 0 saturated carbocycles. The van der Waals surface area contributed by atoms with Gasteiger partial charge in [0.2, 0.25) is 17.7 Å². The van der Waals surface area contributed by atoms with Crippen molar-refractivity contribution in [3.63, 3.8) is 0 Å². The SMILES string of the molecule is CC(=O)CCNC(=O)[C@H](C)NC(=O)[C@@H](NC(=O)CN1C(=O)C=CC1=O)C(C)C. The summed E-state index contributed by atoms with van der Waals surface area (Å²) in [5.74, 6) is -3.26. The van der Waals surface area contributed by atoms with Gasteiger partial charge in [-0.05, 0) is 19.8 Å². The first kappa shape index (κ1) is 23.0. The van der Waals surface area contributed by atoms with Crippen molar-refractivity contribution in [3.8, 4) is 0 Å². The van der Waals surface area contributed by atoms with E-state index in [0.29, 0.717) is 0 Å². The summed E-state index contributed by atoms with van der Waals surface area (Å²) >= 11 is 0. The first-order valence-electron chi connectivity index (χ1n) is 8.93. The smallest absolute Gasteiger partial charge is 0.254 e. The third kappa shape index (κ3) is 6.93. The number of carbonyl (C=O) groups excluding carboxylic acids is 6. The van der Waals surface area contributed by atoms with Crippen LogP contribution in [0, 0.1) is 5.92 Å². The van der Waals surface area contributed by atoms with Gasteiger partial charge in [-0.2, -0.15) is 0 Å². The number of imide groups is 1. The van der Waals surface area contributed by atoms with Crippen LogP contribution < -0.4 is 16.0 Å². The largest absolute Gasteiger partial charge is 0.354 e. The fourth-order valence-corrected chi connectivity index (χ4v) is 2.37. The van der Waals surface area contributed by atoms with Crippen LogP contribution in [0.3, 0.4) is 0 Å². The van der Waals surface area contributed by atoms with Crippen LogP contribution >= 0.6 is 0 Å². The van der Waals surface area contributed by atoms with Crippen molar-refractivity contribution in [1.82, 2.24) is 20.9 Å². The highest BCUT2D eigenvalue weighted by Crippen LogP contribution is 2.05. The lowest BCUT2D eigenvalue weighted by atomic mass is 10.0. The number of nitrogens with zero attached hydrogens (tertiary/aromatic N) is 1. The summed E-state index contributed by atoms with van der Waals surface area (Å²) in [5.41, 5.74) is 0. The summed E-state index contributed by atoms with van der Waals surface area (Å²) in [6.07, 6.45) is 2.32. The van der Waals surface area contributed by atoms with Crippen molar-refractivity contribution in [2.75, 3.05) is 13.1 Å². The Morgan fingerprint density at radius 1 is 0.964 bits per heavy atom. The molecular formula is C18H26N4O6. The van der Waals surface area contributed by atoms with Gasteiger partial charge in [-0.15, -0.1) is 0 Å². The Bertz CT molecular complexity index is 682. The molecule has 3 N–H and O–H groups in total. The molecule has 0 bridgehead atoms. The summed E-state index contributed by atoms with van der Waals surface area (Å²) < 4.78 is 0. The molecule has 0 aromatic rings. The molecule has 0 unspecified atom stereocenters. The number of carbonyl (C=O) groups is 6. The average molecular weight is 394 g/mol. The second-order valence-electron chi connectivity index (χ2n) is 6.86. The van der Waals surface area contributed by atoms with E-state index < -0.39 is 48.2 Å². The van der Waals surface area contributed by atoms with Crippen LogP contribution in [0.4, 0.5) is 0 Å². The number of nitrogens with one attached hydrogen (secondary N) is 3. The molecule has 2 atom stereocenters. The monoisotopic (exact) mass is 394 g/mol. The Morgan fingerprint density at radius 3 is 2.04 bits per heavy atom. The van der Waals surface area contributed by atoms with E-state index in [9.17, 15) is 28.8 Å². The van der Waals surface area contributed by atoms with E-state index in [1.807, 2.05) is 0 Å². The van der Waals surface area contributed by atoms with Crippen LogP contribution in [-0.2, 0) is 28.8 Å². The van der Waals surface area contributed by atoms with E-state index in [1.165, 1.54) is 13.8 Å². The molecule has 1 aliphatic heterocycles. The second kappa shape index (κ2) is 10.3. The Morgan fingerprint density at radius 2 is 1.54 bits per heavy atom. The van der Waals surface area contributed by atoms with Crippen molar-refractivity contribution in [1.29, 1.82) is 0 Å². The van der Waals surface area contributed by atoms with Crippen LogP contribution in [0.2, 0.25) is 0 Å². The molecule has 0 saturated heterocycles. The molecule has 10 heteroatoms. The number of rotatable bonds is 10. The number of amides is 5. The Kier molecular flexibility index (Phi) is 8.49. The normalized spacial score (nSPS) is 15.4. The van der Waals surface area contributed by atoms with Gasteiger partial charge in [0, 0.05) is 25.1 Å². The molecule has 10 nitrogen and oxygen atoms in total. The lowest BCUT2D eigenvalue weighted by molar-refractivity contribution is -0.141. The summed E-state index contributed by atoms with van der Waals surface area (Å²) in [6.45, 7) is 5.97.